The predicted octanol–water partition coefficient (Wildman–Crippen LogP) is 1.69. The van der Waals surface area contributed by atoms with Crippen molar-refractivity contribution in [2.45, 2.75) is 18.8 Å². The molecule has 1 aromatic carbocycles. The summed E-state index contributed by atoms with van der Waals surface area (Å²) in [6.45, 7) is 0.159. The monoisotopic (exact) mass is 323 g/mol. The summed E-state index contributed by atoms with van der Waals surface area (Å²) in [6, 6.07) is 8.74. The molecule has 1 aromatic heterocycles. The van der Waals surface area contributed by atoms with E-state index in [2.05, 4.69) is 27.6 Å². The van der Waals surface area contributed by atoms with E-state index in [4.69, 9.17) is 4.52 Å². The average molecular weight is 323 g/mol. The number of carbonyl (C=O) groups is 2. The molecule has 0 aliphatic heterocycles. The van der Waals surface area contributed by atoms with Gasteiger partial charge in [0.1, 0.15) is 5.76 Å². The van der Waals surface area contributed by atoms with Gasteiger partial charge in [-0.25, -0.2) is 0 Å². The smallest absolute Gasteiger partial charge is 0.274 e. The van der Waals surface area contributed by atoms with Gasteiger partial charge in [0.15, 0.2) is 5.69 Å². The number of nitrogens with one attached hydrogen (secondary N) is 2. The van der Waals surface area contributed by atoms with Gasteiger partial charge in [0.25, 0.3) is 11.8 Å². The van der Waals surface area contributed by atoms with Gasteiger partial charge in [-0.15, -0.1) is 0 Å². The fraction of sp³-hybridized carbons (Fsp3) is 0.278. The highest BCUT2D eigenvalue weighted by Gasteiger charge is 2.28. The second-order valence-corrected chi connectivity index (χ2v) is 5.50. The Labute approximate surface area is 139 Å². The van der Waals surface area contributed by atoms with Crippen LogP contribution < -0.4 is 10.6 Å². The zero-order valence-corrected chi connectivity index (χ0v) is 13.3. The van der Waals surface area contributed by atoms with Crippen LogP contribution in [-0.4, -0.2) is 30.6 Å². The highest BCUT2D eigenvalue weighted by atomic mass is 16.5. The number of rotatable bonds is 4. The number of amides is 2. The van der Waals surface area contributed by atoms with Crippen LogP contribution in [-0.2, 0) is 0 Å². The van der Waals surface area contributed by atoms with E-state index in [1.807, 2.05) is 6.07 Å². The quantitative estimate of drug-likeness (QED) is 0.839. The molecule has 1 heterocycles. The predicted molar refractivity (Wildman–Crippen MR) is 87.5 cm³/mol. The lowest BCUT2D eigenvalue weighted by Crippen LogP contribution is -2.23. The minimum absolute atomic E-state index is 0.159. The van der Waals surface area contributed by atoms with E-state index in [9.17, 15) is 9.59 Å². The van der Waals surface area contributed by atoms with Gasteiger partial charge in [0.2, 0.25) is 0 Å². The van der Waals surface area contributed by atoms with Crippen LogP contribution in [0, 0.1) is 11.8 Å². The minimum atomic E-state index is -0.320. The molecule has 6 heteroatoms. The van der Waals surface area contributed by atoms with Gasteiger partial charge < -0.3 is 15.2 Å². The van der Waals surface area contributed by atoms with Crippen LogP contribution in [0.25, 0.3) is 0 Å². The van der Waals surface area contributed by atoms with Crippen LogP contribution in [0.5, 0.6) is 0 Å². The maximum Gasteiger partial charge on any atom is 0.274 e. The first-order chi connectivity index (χ1) is 11.7. The molecule has 0 bridgehead atoms. The van der Waals surface area contributed by atoms with Gasteiger partial charge in [-0.05, 0) is 25.0 Å². The van der Waals surface area contributed by atoms with Crippen LogP contribution >= 0.6 is 0 Å². The van der Waals surface area contributed by atoms with Crippen LogP contribution in [0.4, 0.5) is 0 Å². The number of hydrogen-bond acceptors (Lipinski definition) is 4. The van der Waals surface area contributed by atoms with E-state index in [1.165, 1.54) is 0 Å². The van der Waals surface area contributed by atoms with E-state index in [-0.39, 0.29) is 24.1 Å². The van der Waals surface area contributed by atoms with E-state index in [0.717, 1.165) is 18.6 Å². The van der Waals surface area contributed by atoms with Crippen molar-refractivity contribution in [1.82, 2.24) is 15.8 Å². The first kappa shape index (κ1) is 15.8. The second kappa shape index (κ2) is 7.01. The summed E-state index contributed by atoms with van der Waals surface area (Å²) in [5.41, 5.74) is 1.39. The molecule has 0 unspecified atom stereocenters. The maximum atomic E-state index is 12.0. The molecule has 2 N–H and O–H groups in total. The highest BCUT2D eigenvalue weighted by Crippen LogP contribution is 2.40. The van der Waals surface area contributed by atoms with Gasteiger partial charge in [-0.1, -0.05) is 29.1 Å². The lowest BCUT2D eigenvalue weighted by atomic mass is 10.1. The molecule has 2 amide bonds. The molecular formula is C18H17N3O3. The summed E-state index contributed by atoms with van der Waals surface area (Å²) in [6.07, 6.45) is 2.18. The molecule has 1 fully saturated rings. The van der Waals surface area contributed by atoms with Crippen molar-refractivity contribution in [2.75, 3.05) is 13.6 Å². The number of carbonyl (C=O) groups excluding carboxylic acids is 2. The topological polar surface area (TPSA) is 84.2 Å². The number of benzene rings is 1. The highest BCUT2D eigenvalue weighted by molar-refractivity contribution is 5.96. The molecule has 24 heavy (non-hydrogen) atoms. The Morgan fingerprint density at radius 2 is 2.08 bits per heavy atom. The zero-order valence-electron chi connectivity index (χ0n) is 13.3. The Morgan fingerprint density at radius 1 is 1.29 bits per heavy atom. The van der Waals surface area contributed by atoms with Crippen molar-refractivity contribution in [3.8, 4) is 11.8 Å². The van der Waals surface area contributed by atoms with Crippen molar-refractivity contribution < 1.29 is 14.1 Å². The average Bonchev–Trinajstić information content (AvgIpc) is 3.35. The number of hydrogen-bond donors (Lipinski definition) is 2. The first-order valence-corrected chi connectivity index (χ1v) is 7.74. The second-order valence-electron chi connectivity index (χ2n) is 5.50. The Hall–Kier alpha value is -3.07. The standard InChI is InChI=1S/C18H17N3O3/c1-19-17(22)14-7-3-2-5-12(14)6-4-10-20-18(23)15-11-16(24-21-15)13-8-9-13/h2-3,5,7,11,13H,8-10H2,1H3,(H,19,22)(H,20,23). The molecule has 0 spiro atoms. The van der Waals surface area contributed by atoms with E-state index in [0.29, 0.717) is 17.0 Å². The zero-order chi connectivity index (χ0) is 16.9. The van der Waals surface area contributed by atoms with E-state index < -0.39 is 0 Å². The summed E-state index contributed by atoms with van der Waals surface area (Å²) in [7, 11) is 1.57. The van der Waals surface area contributed by atoms with Gasteiger partial charge in [0.05, 0.1) is 12.1 Å². The Balaban J connectivity index is 1.59. The summed E-state index contributed by atoms with van der Waals surface area (Å²) in [4.78, 5) is 23.7. The van der Waals surface area contributed by atoms with Crippen molar-refractivity contribution in [3.63, 3.8) is 0 Å². The summed E-state index contributed by atoms with van der Waals surface area (Å²) >= 11 is 0. The number of nitrogens with zero attached hydrogens (tertiary/aromatic N) is 1. The minimum Gasteiger partial charge on any atom is -0.360 e. The molecule has 122 valence electrons. The van der Waals surface area contributed by atoms with Crippen molar-refractivity contribution in [2.24, 2.45) is 0 Å². The third-order valence-corrected chi connectivity index (χ3v) is 3.70. The Morgan fingerprint density at radius 3 is 2.83 bits per heavy atom. The van der Waals surface area contributed by atoms with Crippen LogP contribution in [0.2, 0.25) is 0 Å². The Bertz CT molecular complexity index is 825. The van der Waals surface area contributed by atoms with Crippen LogP contribution in [0.3, 0.4) is 0 Å². The van der Waals surface area contributed by atoms with Gasteiger partial charge in [0, 0.05) is 24.6 Å². The molecule has 1 aliphatic rings. The van der Waals surface area contributed by atoms with Crippen molar-refractivity contribution in [1.29, 1.82) is 0 Å². The van der Waals surface area contributed by atoms with Gasteiger partial charge >= 0.3 is 0 Å². The lowest BCUT2D eigenvalue weighted by Gasteiger charge is -2.02. The maximum absolute atomic E-state index is 12.0. The fourth-order valence-electron chi connectivity index (χ4n) is 2.24. The van der Waals surface area contributed by atoms with Crippen LogP contribution in [0.1, 0.15) is 50.9 Å². The van der Waals surface area contributed by atoms with E-state index in [1.54, 1.807) is 31.3 Å². The third kappa shape index (κ3) is 3.63. The van der Waals surface area contributed by atoms with Gasteiger partial charge in [-0.2, -0.15) is 0 Å². The molecule has 0 saturated heterocycles. The molecule has 1 aliphatic carbocycles. The molecule has 0 radical (unpaired) electrons. The van der Waals surface area contributed by atoms with Crippen molar-refractivity contribution >= 4 is 11.8 Å². The molecular weight excluding hydrogens is 306 g/mol. The summed E-state index contributed by atoms with van der Waals surface area (Å²) in [5.74, 6) is 6.41. The summed E-state index contributed by atoms with van der Waals surface area (Å²) < 4.78 is 5.15. The SMILES string of the molecule is CNC(=O)c1ccccc1C#CCNC(=O)c1cc(C2CC2)on1. The largest absolute Gasteiger partial charge is 0.360 e. The van der Waals surface area contributed by atoms with E-state index >= 15 is 0 Å². The number of aromatic nitrogens is 1. The van der Waals surface area contributed by atoms with Gasteiger partial charge in [-0.3, -0.25) is 9.59 Å². The molecule has 2 aromatic rings. The molecule has 6 nitrogen and oxygen atoms in total. The van der Waals surface area contributed by atoms with Crippen molar-refractivity contribution in [3.05, 3.63) is 52.9 Å². The molecule has 0 atom stereocenters. The lowest BCUT2D eigenvalue weighted by molar-refractivity contribution is 0.0945. The van der Waals surface area contributed by atoms with Crippen LogP contribution in [0.15, 0.2) is 34.9 Å². The third-order valence-electron chi connectivity index (χ3n) is 3.70. The normalized spacial score (nSPS) is 12.9. The molecule has 3 rings (SSSR count). The first-order valence-electron chi connectivity index (χ1n) is 7.74. The summed E-state index contributed by atoms with van der Waals surface area (Å²) in [5, 5.41) is 9.02. The molecule has 1 saturated carbocycles. The Kier molecular flexibility index (Phi) is 4.62. The fourth-order valence-corrected chi connectivity index (χ4v) is 2.24.